The molecule has 6 heteroatoms. The molecule has 90 valence electrons. The molecule has 1 saturated heterocycles. The fourth-order valence-electron chi connectivity index (χ4n) is 1.62. The van der Waals surface area contributed by atoms with Gasteiger partial charge in [-0.15, -0.1) is 0 Å². The average Bonchev–Trinajstić information content (AvgIpc) is 2.39. The summed E-state index contributed by atoms with van der Waals surface area (Å²) in [5.74, 6) is -0.440. The molecular formula is C11H11NO5. The van der Waals surface area contributed by atoms with Crippen molar-refractivity contribution < 1.29 is 19.2 Å². The van der Waals surface area contributed by atoms with Crippen molar-refractivity contribution >= 4 is 11.5 Å². The van der Waals surface area contributed by atoms with Crippen LogP contribution < -0.4 is 0 Å². The third kappa shape index (κ3) is 2.66. The third-order valence-corrected chi connectivity index (χ3v) is 2.54. The maximum absolute atomic E-state index is 12.0. The Labute approximate surface area is 97.3 Å². The summed E-state index contributed by atoms with van der Waals surface area (Å²) in [5.41, 5.74) is 0.410. The standard InChI is InChI=1S/C11H11NO5/c13-11(9-5-16-7-17-6-9)8-1-3-10(4-2-8)12(14)15/h1-4,9H,5-7H2. The molecule has 0 radical (unpaired) electrons. The number of ketones is 1. The van der Waals surface area contributed by atoms with E-state index in [2.05, 4.69) is 0 Å². The third-order valence-electron chi connectivity index (χ3n) is 2.54. The highest BCUT2D eigenvalue weighted by Gasteiger charge is 2.23. The van der Waals surface area contributed by atoms with Crippen molar-refractivity contribution in [3.8, 4) is 0 Å². The molecule has 1 aromatic carbocycles. The zero-order chi connectivity index (χ0) is 12.3. The van der Waals surface area contributed by atoms with Gasteiger partial charge in [-0.2, -0.15) is 0 Å². The predicted molar refractivity (Wildman–Crippen MR) is 57.7 cm³/mol. The normalized spacial score (nSPS) is 16.7. The first-order chi connectivity index (χ1) is 8.18. The van der Waals surface area contributed by atoms with Crippen molar-refractivity contribution in [2.45, 2.75) is 0 Å². The Morgan fingerprint density at radius 1 is 1.24 bits per heavy atom. The number of nitro benzene ring substituents is 1. The van der Waals surface area contributed by atoms with Gasteiger partial charge in [0.15, 0.2) is 5.78 Å². The van der Waals surface area contributed by atoms with Gasteiger partial charge in [0, 0.05) is 17.7 Å². The number of carbonyl (C=O) groups is 1. The number of ether oxygens (including phenoxy) is 2. The molecule has 0 amide bonds. The van der Waals surface area contributed by atoms with Crippen molar-refractivity contribution in [3.05, 3.63) is 39.9 Å². The smallest absolute Gasteiger partial charge is 0.269 e. The van der Waals surface area contributed by atoms with E-state index in [4.69, 9.17) is 9.47 Å². The summed E-state index contributed by atoms with van der Waals surface area (Å²) >= 11 is 0. The van der Waals surface area contributed by atoms with Crippen LogP contribution in [-0.4, -0.2) is 30.7 Å². The van der Waals surface area contributed by atoms with Crippen LogP contribution in [0, 0.1) is 16.0 Å². The second kappa shape index (κ2) is 5.03. The fraction of sp³-hybridized carbons (Fsp3) is 0.364. The second-order valence-corrected chi connectivity index (χ2v) is 3.72. The molecule has 0 spiro atoms. The van der Waals surface area contributed by atoms with E-state index in [0.29, 0.717) is 18.8 Å². The summed E-state index contributed by atoms with van der Waals surface area (Å²) in [6, 6.07) is 5.54. The molecule has 6 nitrogen and oxygen atoms in total. The number of nitrogens with zero attached hydrogens (tertiary/aromatic N) is 1. The van der Waals surface area contributed by atoms with Gasteiger partial charge in [0.05, 0.1) is 24.1 Å². The summed E-state index contributed by atoms with van der Waals surface area (Å²) in [5, 5.41) is 10.5. The fourth-order valence-corrected chi connectivity index (χ4v) is 1.62. The van der Waals surface area contributed by atoms with Crippen molar-refractivity contribution in [3.63, 3.8) is 0 Å². The second-order valence-electron chi connectivity index (χ2n) is 3.72. The molecule has 1 heterocycles. The molecule has 0 bridgehead atoms. The Hall–Kier alpha value is -1.79. The van der Waals surface area contributed by atoms with Gasteiger partial charge < -0.3 is 9.47 Å². The van der Waals surface area contributed by atoms with Crippen LogP contribution in [-0.2, 0) is 9.47 Å². The highest BCUT2D eigenvalue weighted by molar-refractivity contribution is 5.98. The van der Waals surface area contributed by atoms with Gasteiger partial charge in [0.2, 0.25) is 0 Å². The van der Waals surface area contributed by atoms with Crippen LogP contribution in [0.5, 0.6) is 0 Å². The van der Waals surface area contributed by atoms with Gasteiger partial charge in [-0.3, -0.25) is 14.9 Å². The number of rotatable bonds is 3. The summed E-state index contributed by atoms with van der Waals surface area (Å²) in [4.78, 5) is 21.9. The number of Topliss-reactive ketones (excluding diaryl/α,β-unsaturated/α-hetero) is 1. The van der Waals surface area contributed by atoms with E-state index < -0.39 is 4.92 Å². The van der Waals surface area contributed by atoms with Gasteiger partial charge in [0.25, 0.3) is 5.69 Å². The largest absolute Gasteiger partial charge is 0.355 e. The number of non-ortho nitro benzene ring substituents is 1. The molecule has 0 saturated carbocycles. The van der Waals surface area contributed by atoms with Gasteiger partial charge in [-0.25, -0.2) is 0 Å². The lowest BCUT2D eigenvalue weighted by atomic mass is 9.98. The quantitative estimate of drug-likeness (QED) is 0.451. The molecule has 1 aliphatic rings. The van der Waals surface area contributed by atoms with E-state index >= 15 is 0 Å². The Kier molecular flexibility index (Phi) is 3.46. The Morgan fingerprint density at radius 2 is 1.82 bits per heavy atom. The lowest BCUT2D eigenvalue weighted by Crippen LogP contribution is -2.30. The molecule has 1 fully saturated rings. The Balaban J connectivity index is 2.10. The van der Waals surface area contributed by atoms with E-state index in [1.807, 2.05) is 0 Å². The summed E-state index contributed by atoms with van der Waals surface area (Å²) in [6.07, 6.45) is 0. The van der Waals surface area contributed by atoms with Crippen LogP contribution in [0.25, 0.3) is 0 Å². The zero-order valence-electron chi connectivity index (χ0n) is 9.00. The summed E-state index contributed by atoms with van der Waals surface area (Å²) < 4.78 is 10.1. The van der Waals surface area contributed by atoms with Crippen LogP contribution in [0.4, 0.5) is 5.69 Å². The number of carbonyl (C=O) groups excluding carboxylic acids is 1. The molecule has 1 aromatic rings. The van der Waals surface area contributed by atoms with E-state index in [9.17, 15) is 14.9 Å². The Bertz CT molecular complexity index is 422. The van der Waals surface area contributed by atoms with Gasteiger partial charge >= 0.3 is 0 Å². The first kappa shape index (κ1) is 11.7. The minimum Gasteiger partial charge on any atom is -0.355 e. The minimum absolute atomic E-state index is 0.0299. The van der Waals surface area contributed by atoms with Crippen LogP contribution in [0.3, 0.4) is 0 Å². The molecule has 0 aliphatic carbocycles. The SMILES string of the molecule is O=C(c1ccc([N+](=O)[O-])cc1)C1COCOC1. The molecule has 0 unspecified atom stereocenters. The van der Waals surface area contributed by atoms with Gasteiger partial charge in [-0.05, 0) is 12.1 Å². The minimum atomic E-state index is -0.499. The lowest BCUT2D eigenvalue weighted by molar-refractivity contribution is -0.384. The highest BCUT2D eigenvalue weighted by atomic mass is 16.7. The molecular weight excluding hydrogens is 226 g/mol. The van der Waals surface area contributed by atoms with Gasteiger partial charge in [0.1, 0.15) is 6.79 Å². The van der Waals surface area contributed by atoms with Crippen LogP contribution in [0.2, 0.25) is 0 Å². The maximum atomic E-state index is 12.0. The first-order valence-electron chi connectivity index (χ1n) is 5.12. The topological polar surface area (TPSA) is 78.7 Å². The van der Waals surface area contributed by atoms with Crippen molar-refractivity contribution in [1.82, 2.24) is 0 Å². The summed E-state index contributed by atoms with van der Waals surface area (Å²) in [6.45, 7) is 0.871. The van der Waals surface area contributed by atoms with Crippen LogP contribution >= 0.6 is 0 Å². The van der Waals surface area contributed by atoms with Gasteiger partial charge in [-0.1, -0.05) is 0 Å². The highest BCUT2D eigenvalue weighted by Crippen LogP contribution is 2.17. The number of hydrogen-bond donors (Lipinski definition) is 0. The number of hydrogen-bond acceptors (Lipinski definition) is 5. The first-order valence-corrected chi connectivity index (χ1v) is 5.12. The van der Waals surface area contributed by atoms with Crippen molar-refractivity contribution in [1.29, 1.82) is 0 Å². The predicted octanol–water partition coefficient (Wildman–Crippen LogP) is 1.40. The number of benzene rings is 1. The van der Waals surface area contributed by atoms with E-state index in [-0.39, 0.29) is 24.2 Å². The van der Waals surface area contributed by atoms with E-state index in [1.165, 1.54) is 24.3 Å². The molecule has 0 atom stereocenters. The lowest BCUT2D eigenvalue weighted by Gasteiger charge is -2.21. The maximum Gasteiger partial charge on any atom is 0.269 e. The molecule has 2 rings (SSSR count). The van der Waals surface area contributed by atoms with E-state index in [0.717, 1.165) is 0 Å². The van der Waals surface area contributed by atoms with Crippen molar-refractivity contribution in [2.24, 2.45) is 5.92 Å². The monoisotopic (exact) mass is 237 g/mol. The number of nitro groups is 1. The molecule has 1 aliphatic heterocycles. The molecule has 17 heavy (non-hydrogen) atoms. The Morgan fingerprint density at radius 3 is 2.35 bits per heavy atom. The van der Waals surface area contributed by atoms with Crippen LogP contribution in [0.15, 0.2) is 24.3 Å². The summed E-state index contributed by atoms with van der Waals surface area (Å²) in [7, 11) is 0. The van der Waals surface area contributed by atoms with Crippen molar-refractivity contribution in [2.75, 3.05) is 20.0 Å². The zero-order valence-corrected chi connectivity index (χ0v) is 9.00. The van der Waals surface area contributed by atoms with Crippen LogP contribution in [0.1, 0.15) is 10.4 Å². The molecule has 0 N–H and O–H groups in total. The molecule has 0 aromatic heterocycles. The average molecular weight is 237 g/mol. The van der Waals surface area contributed by atoms with E-state index in [1.54, 1.807) is 0 Å².